The number of aromatic amines is 1. The van der Waals surface area contributed by atoms with Crippen LogP contribution in [0.15, 0.2) is 41.1 Å². The van der Waals surface area contributed by atoms with Crippen LogP contribution in [0.5, 0.6) is 0 Å². The zero-order valence-corrected chi connectivity index (χ0v) is 9.53. The maximum Gasteiger partial charge on any atom is 0.192 e. The van der Waals surface area contributed by atoms with Crippen LogP contribution in [-0.2, 0) is 6.54 Å². The summed E-state index contributed by atoms with van der Waals surface area (Å²) in [5.74, 6) is 0.697. The maximum atomic E-state index is 5.43. The molecule has 0 unspecified atom stereocenters. The molecule has 0 radical (unpaired) electrons. The standard InChI is InChI=1S/C13H13N3O/c1-9-16-12-6-11(2-3-13(12)17-9)15-8-10-4-5-14-7-10/h2-7,14-15H,8H2,1H3. The lowest BCUT2D eigenvalue weighted by atomic mass is 10.2. The summed E-state index contributed by atoms with van der Waals surface area (Å²) in [6, 6.07) is 7.98. The SMILES string of the molecule is Cc1nc2cc(NCc3cc[nH]c3)ccc2o1. The molecule has 17 heavy (non-hydrogen) atoms. The third kappa shape index (κ3) is 2.01. The number of rotatable bonds is 3. The van der Waals surface area contributed by atoms with E-state index in [9.17, 15) is 0 Å². The second-order valence-electron chi connectivity index (χ2n) is 3.99. The van der Waals surface area contributed by atoms with Gasteiger partial charge >= 0.3 is 0 Å². The fourth-order valence-corrected chi connectivity index (χ4v) is 1.83. The minimum atomic E-state index is 0.697. The number of anilines is 1. The third-order valence-corrected chi connectivity index (χ3v) is 2.65. The Morgan fingerprint density at radius 3 is 3.12 bits per heavy atom. The first kappa shape index (κ1) is 9.96. The second kappa shape index (κ2) is 3.97. The van der Waals surface area contributed by atoms with Crippen LogP contribution >= 0.6 is 0 Å². The molecule has 0 fully saturated rings. The first-order valence-electron chi connectivity index (χ1n) is 5.54. The molecule has 2 N–H and O–H groups in total. The van der Waals surface area contributed by atoms with Crippen LogP contribution in [0.2, 0.25) is 0 Å². The van der Waals surface area contributed by atoms with Crippen molar-refractivity contribution in [1.29, 1.82) is 0 Å². The van der Waals surface area contributed by atoms with Gasteiger partial charge in [0.05, 0.1) is 0 Å². The minimum Gasteiger partial charge on any atom is -0.441 e. The molecule has 0 aliphatic rings. The van der Waals surface area contributed by atoms with E-state index in [1.807, 2.05) is 43.6 Å². The number of hydrogen-bond donors (Lipinski definition) is 2. The van der Waals surface area contributed by atoms with Gasteiger partial charge in [0.2, 0.25) is 0 Å². The molecule has 86 valence electrons. The highest BCUT2D eigenvalue weighted by Crippen LogP contribution is 2.20. The van der Waals surface area contributed by atoms with Crippen molar-refractivity contribution in [2.75, 3.05) is 5.32 Å². The molecule has 3 aromatic rings. The van der Waals surface area contributed by atoms with Crippen LogP contribution < -0.4 is 5.32 Å². The summed E-state index contributed by atoms with van der Waals surface area (Å²) in [7, 11) is 0. The highest BCUT2D eigenvalue weighted by Gasteiger charge is 2.02. The average Bonchev–Trinajstić information content (AvgIpc) is 2.92. The van der Waals surface area contributed by atoms with Gasteiger partial charge in [-0.3, -0.25) is 0 Å². The molecule has 1 aromatic carbocycles. The smallest absolute Gasteiger partial charge is 0.192 e. The minimum absolute atomic E-state index is 0.697. The highest BCUT2D eigenvalue weighted by molar-refractivity contribution is 5.77. The normalized spacial score (nSPS) is 10.9. The van der Waals surface area contributed by atoms with Gasteiger partial charge in [-0.2, -0.15) is 0 Å². The molecular weight excluding hydrogens is 214 g/mol. The van der Waals surface area contributed by atoms with E-state index in [-0.39, 0.29) is 0 Å². The molecule has 0 amide bonds. The molecule has 2 heterocycles. The number of oxazole rings is 1. The monoisotopic (exact) mass is 227 g/mol. The molecule has 0 aliphatic heterocycles. The van der Waals surface area contributed by atoms with Gasteiger partial charge in [-0.1, -0.05) is 0 Å². The van der Waals surface area contributed by atoms with E-state index in [0.29, 0.717) is 5.89 Å². The topological polar surface area (TPSA) is 53.9 Å². The van der Waals surface area contributed by atoms with Crippen molar-refractivity contribution in [2.45, 2.75) is 13.5 Å². The Bertz CT molecular complexity index is 625. The lowest BCUT2D eigenvalue weighted by Gasteiger charge is -2.03. The molecule has 4 nitrogen and oxygen atoms in total. The fraction of sp³-hybridized carbons (Fsp3) is 0.154. The van der Waals surface area contributed by atoms with Crippen molar-refractivity contribution in [3.05, 3.63) is 48.1 Å². The fourth-order valence-electron chi connectivity index (χ4n) is 1.83. The van der Waals surface area contributed by atoms with Gasteiger partial charge in [0.15, 0.2) is 11.5 Å². The molecule has 4 heteroatoms. The van der Waals surface area contributed by atoms with Crippen molar-refractivity contribution >= 4 is 16.8 Å². The van der Waals surface area contributed by atoms with Crippen LogP contribution in [0.4, 0.5) is 5.69 Å². The quantitative estimate of drug-likeness (QED) is 0.723. The van der Waals surface area contributed by atoms with Gasteiger partial charge < -0.3 is 14.7 Å². The van der Waals surface area contributed by atoms with E-state index in [2.05, 4.69) is 15.3 Å². The van der Waals surface area contributed by atoms with Crippen molar-refractivity contribution in [2.24, 2.45) is 0 Å². The van der Waals surface area contributed by atoms with Crippen molar-refractivity contribution < 1.29 is 4.42 Å². The number of aryl methyl sites for hydroxylation is 1. The van der Waals surface area contributed by atoms with Gasteiger partial charge in [-0.05, 0) is 29.8 Å². The zero-order valence-electron chi connectivity index (χ0n) is 9.53. The molecule has 0 atom stereocenters. The number of nitrogens with zero attached hydrogens (tertiary/aromatic N) is 1. The predicted octanol–water partition coefficient (Wildman–Crippen LogP) is 3.08. The third-order valence-electron chi connectivity index (χ3n) is 2.65. The van der Waals surface area contributed by atoms with Crippen LogP contribution in [-0.4, -0.2) is 9.97 Å². The molecule has 0 bridgehead atoms. The molecule has 2 aromatic heterocycles. The average molecular weight is 227 g/mol. The molecule has 3 rings (SSSR count). The summed E-state index contributed by atoms with van der Waals surface area (Å²) >= 11 is 0. The predicted molar refractivity (Wildman–Crippen MR) is 66.9 cm³/mol. The highest BCUT2D eigenvalue weighted by atomic mass is 16.3. The molecule has 0 aliphatic carbocycles. The Balaban J connectivity index is 1.81. The van der Waals surface area contributed by atoms with Crippen molar-refractivity contribution in [1.82, 2.24) is 9.97 Å². The molecule has 0 saturated heterocycles. The Morgan fingerprint density at radius 2 is 2.29 bits per heavy atom. The molecule has 0 spiro atoms. The van der Waals surface area contributed by atoms with Gasteiger partial charge in [-0.25, -0.2) is 4.98 Å². The van der Waals surface area contributed by atoms with E-state index in [1.54, 1.807) is 0 Å². The first-order valence-corrected chi connectivity index (χ1v) is 5.54. The summed E-state index contributed by atoms with van der Waals surface area (Å²) in [6.07, 6.45) is 3.90. The molecule has 0 saturated carbocycles. The number of fused-ring (bicyclic) bond motifs is 1. The van der Waals surface area contributed by atoms with E-state index < -0.39 is 0 Å². The van der Waals surface area contributed by atoms with Gasteiger partial charge in [0, 0.05) is 31.5 Å². The Kier molecular flexibility index (Phi) is 2.33. The number of nitrogens with one attached hydrogen (secondary N) is 2. The summed E-state index contributed by atoms with van der Waals surface area (Å²) in [5, 5.41) is 3.35. The van der Waals surface area contributed by atoms with Gasteiger partial charge in [0.25, 0.3) is 0 Å². The van der Waals surface area contributed by atoms with Crippen LogP contribution in [0.25, 0.3) is 11.1 Å². The van der Waals surface area contributed by atoms with E-state index >= 15 is 0 Å². The Hall–Kier alpha value is -2.23. The lowest BCUT2D eigenvalue weighted by Crippen LogP contribution is -1.97. The summed E-state index contributed by atoms with van der Waals surface area (Å²) in [6.45, 7) is 2.65. The van der Waals surface area contributed by atoms with Crippen molar-refractivity contribution in [3.63, 3.8) is 0 Å². The Labute approximate surface area is 98.7 Å². The number of hydrogen-bond acceptors (Lipinski definition) is 3. The lowest BCUT2D eigenvalue weighted by molar-refractivity contribution is 0.561. The molecular formula is C13H13N3O. The second-order valence-corrected chi connectivity index (χ2v) is 3.99. The van der Waals surface area contributed by atoms with Gasteiger partial charge in [-0.15, -0.1) is 0 Å². The first-order chi connectivity index (χ1) is 8.31. The number of aromatic nitrogens is 2. The number of H-pyrrole nitrogens is 1. The van der Waals surface area contributed by atoms with E-state index in [0.717, 1.165) is 23.3 Å². The largest absolute Gasteiger partial charge is 0.441 e. The zero-order chi connectivity index (χ0) is 11.7. The maximum absolute atomic E-state index is 5.43. The van der Waals surface area contributed by atoms with E-state index in [4.69, 9.17) is 4.42 Å². The van der Waals surface area contributed by atoms with Crippen LogP contribution in [0, 0.1) is 6.92 Å². The van der Waals surface area contributed by atoms with Gasteiger partial charge in [0.1, 0.15) is 5.52 Å². The summed E-state index contributed by atoms with van der Waals surface area (Å²) in [4.78, 5) is 7.34. The summed E-state index contributed by atoms with van der Waals surface area (Å²) in [5.41, 5.74) is 3.99. The van der Waals surface area contributed by atoms with Crippen molar-refractivity contribution in [3.8, 4) is 0 Å². The van der Waals surface area contributed by atoms with Crippen LogP contribution in [0.1, 0.15) is 11.5 Å². The summed E-state index contributed by atoms with van der Waals surface area (Å²) < 4.78 is 5.43. The van der Waals surface area contributed by atoms with E-state index in [1.165, 1.54) is 5.56 Å². The Morgan fingerprint density at radius 1 is 1.35 bits per heavy atom. The van der Waals surface area contributed by atoms with Crippen LogP contribution in [0.3, 0.4) is 0 Å². The number of benzene rings is 1.